The van der Waals surface area contributed by atoms with Gasteiger partial charge in [-0.05, 0) is 20.8 Å². The summed E-state index contributed by atoms with van der Waals surface area (Å²) in [5.41, 5.74) is 0. The first-order chi connectivity index (χ1) is 7.22. The zero-order valence-electron chi connectivity index (χ0n) is 9.64. The van der Waals surface area contributed by atoms with Crippen molar-refractivity contribution in [1.29, 1.82) is 0 Å². The molecule has 0 amide bonds. The molecule has 4 unspecified atom stereocenters. The molecule has 4 heteroatoms. The highest BCUT2D eigenvalue weighted by molar-refractivity contribution is 4.95. The van der Waals surface area contributed by atoms with Crippen molar-refractivity contribution < 1.29 is 18.9 Å². The van der Waals surface area contributed by atoms with Gasteiger partial charge in [-0.2, -0.15) is 0 Å². The van der Waals surface area contributed by atoms with Crippen LogP contribution in [0.25, 0.3) is 0 Å². The van der Waals surface area contributed by atoms with Gasteiger partial charge in [0.2, 0.25) is 0 Å². The van der Waals surface area contributed by atoms with Crippen molar-refractivity contribution in [1.82, 2.24) is 0 Å². The third-order valence-corrected chi connectivity index (χ3v) is 2.79. The van der Waals surface area contributed by atoms with E-state index in [1.54, 1.807) is 0 Å². The summed E-state index contributed by atoms with van der Waals surface area (Å²) >= 11 is 0. The summed E-state index contributed by atoms with van der Waals surface area (Å²) in [4.78, 5) is 0. The maximum absolute atomic E-state index is 5.75. The maximum Gasteiger partial charge on any atom is 0.115 e. The fourth-order valence-corrected chi connectivity index (χ4v) is 2.25. The van der Waals surface area contributed by atoms with Crippen LogP contribution in [-0.4, -0.2) is 50.3 Å². The van der Waals surface area contributed by atoms with Crippen molar-refractivity contribution in [3.8, 4) is 0 Å². The van der Waals surface area contributed by atoms with Crippen molar-refractivity contribution in [3.05, 3.63) is 0 Å². The molecule has 15 heavy (non-hydrogen) atoms. The zero-order chi connectivity index (χ0) is 10.8. The fourth-order valence-electron chi connectivity index (χ4n) is 2.25. The van der Waals surface area contributed by atoms with E-state index < -0.39 is 0 Å². The second kappa shape index (κ2) is 4.78. The van der Waals surface area contributed by atoms with Crippen LogP contribution >= 0.6 is 0 Å². The highest BCUT2D eigenvalue weighted by Gasteiger charge is 2.48. The molecular formula is C11H20O4. The van der Waals surface area contributed by atoms with Crippen LogP contribution in [0.1, 0.15) is 20.8 Å². The van der Waals surface area contributed by atoms with Crippen molar-refractivity contribution >= 4 is 0 Å². The average molecular weight is 216 g/mol. The Labute approximate surface area is 90.8 Å². The summed E-state index contributed by atoms with van der Waals surface area (Å²) < 4.78 is 22.7. The lowest BCUT2D eigenvalue weighted by Gasteiger charge is -2.19. The normalized spacial score (nSPS) is 40.0. The average Bonchev–Trinajstić information content (AvgIpc) is 2.71. The van der Waals surface area contributed by atoms with E-state index in [-0.39, 0.29) is 30.5 Å². The number of rotatable bonds is 4. The van der Waals surface area contributed by atoms with E-state index in [1.165, 1.54) is 0 Å². The number of hydrogen-bond acceptors (Lipinski definition) is 4. The van der Waals surface area contributed by atoms with Gasteiger partial charge in [0.25, 0.3) is 0 Å². The largest absolute Gasteiger partial charge is 0.373 e. The van der Waals surface area contributed by atoms with Crippen molar-refractivity contribution in [3.63, 3.8) is 0 Å². The first-order valence-electron chi connectivity index (χ1n) is 5.72. The van der Waals surface area contributed by atoms with Crippen molar-refractivity contribution in [2.24, 2.45) is 0 Å². The van der Waals surface area contributed by atoms with Crippen LogP contribution in [0.5, 0.6) is 0 Å². The Morgan fingerprint density at radius 1 is 1.13 bits per heavy atom. The summed E-state index contributed by atoms with van der Waals surface area (Å²) in [7, 11) is 0. The lowest BCUT2D eigenvalue weighted by Crippen LogP contribution is -2.35. The molecule has 4 nitrogen and oxygen atoms in total. The molecule has 2 heterocycles. The molecule has 0 N–H and O–H groups in total. The van der Waals surface area contributed by atoms with Crippen molar-refractivity contribution in [2.45, 2.75) is 51.3 Å². The Morgan fingerprint density at radius 2 is 1.73 bits per heavy atom. The van der Waals surface area contributed by atoms with Gasteiger partial charge in [-0.15, -0.1) is 0 Å². The van der Waals surface area contributed by atoms with Crippen molar-refractivity contribution in [2.75, 3.05) is 19.8 Å². The molecule has 0 spiro atoms. The third kappa shape index (κ3) is 2.33. The monoisotopic (exact) mass is 216 g/mol. The molecule has 88 valence electrons. The van der Waals surface area contributed by atoms with Crippen LogP contribution in [0, 0.1) is 0 Å². The fraction of sp³-hybridized carbons (Fsp3) is 1.00. The van der Waals surface area contributed by atoms with Gasteiger partial charge in [0.05, 0.1) is 19.3 Å². The van der Waals surface area contributed by atoms with E-state index in [9.17, 15) is 0 Å². The summed E-state index contributed by atoms with van der Waals surface area (Å²) in [5, 5.41) is 0. The van der Waals surface area contributed by atoms with Gasteiger partial charge < -0.3 is 18.9 Å². The van der Waals surface area contributed by atoms with Gasteiger partial charge in [0.1, 0.15) is 24.4 Å². The van der Waals surface area contributed by atoms with Gasteiger partial charge in [-0.25, -0.2) is 0 Å². The molecular weight excluding hydrogens is 196 g/mol. The van der Waals surface area contributed by atoms with Crippen LogP contribution in [-0.2, 0) is 18.9 Å². The molecule has 0 saturated carbocycles. The Bertz CT molecular complexity index is 207. The Balaban J connectivity index is 1.90. The van der Waals surface area contributed by atoms with E-state index >= 15 is 0 Å². The minimum absolute atomic E-state index is 0.0592. The molecule has 2 fully saturated rings. The standard InChI is InChI=1S/C11H20O4/c1-4-12-8-5-13-11-9(15-7(2)3)6-14-10(8)11/h7-11H,4-6H2,1-3H3. The molecule has 0 bridgehead atoms. The summed E-state index contributed by atoms with van der Waals surface area (Å²) in [6, 6.07) is 0. The summed E-state index contributed by atoms with van der Waals surface area (Å²) in [6.45, 7) is 8.00. The van der Waals surface area contributed by atoms with Gasteiger partial charge in [-0.1, -0.05) is 0 Å². The van der Waals surface area contributed by atoms with Gasteiger partial charge in [-0.3, -0.25) is 0 Å². The SMILES string of the molecule is CCOC1COC2C(OC(C)C)COC12. The van der Waals surface area contributed by atoms with Gasteiger partial charge in [0, 0.05) is 6.61 Å². The van der Waals surface area contributed by atoms with Crippen LogP contribution in [0.3, 0.4) is 0 Å². The highest BCUT2D eigenvalue weighted by atomic mass is 16.6. The lowest BCUT2D eigenvalue weighted by molar-refractivity contribution is -0.0657. The van der Waals surface area contributed by atoms with Crippen LogP contribution < -0.4 is 0 Å². The predicted molar refractivity (Wildman–Crippen MR) is 54.9 cm³/mol. The molecule has 0 aromatic rings. The summed E-state index contributed by atoms with van der Waals surface area (Å²) in [5.74, 6) is 0. The van der Waals surface area contributed by atoms with E-state index in [0.717, 1.165) is 0 Å². The van der Waals surface area contributed by atoms with E-state index in [2.05, 4.69) is 0 Å². The maximum atomic E-state index is 5.75. The van der Waals surface area contributed by atoms with Gasteiger partial charge >= 0.3 is 0 Å². The molecule has 0 aliphatic carbocycles. The summed E-state index contributed by atoms with van der Waals surface area (Å²) in [6.07, 6.45) is 0.492. The third-order valence-electron chi connectivity index (χ3n) is 2.79. The molecule has 2 saturated heterocycles. The molecule has 2 aliphatic rings. The molecule has 2 rings (SSSR count). The number of fused-ring (bicyclic) bond motifs is 1. The first-order valence-corrected chi connectivity index (χ1v) is 5.72. The minimum Gasteiger partial charge on any atom is -0.373 e. The Kier molecular flexibility index (Phi) is 3.61. The van der Waals surface area contributed by atoms with E-state index in [0.29, 0.717) is 19.8 Å². The highest BCUT2D eigenvalue weighted by Crippen LogP contribution is 2.30. The molecule has 0 aromatic carbocycles. The molecule has 4 atom stereocenters. The minimum atomic E-state index is 0.0592. The van der Waals surface area contributed by atoms with E-state index in [1.807, 2.05) is 20.8 Å². The number of hydrogen-bond donors (Lipinski definition) is 0. The van der Waals surface area contributed by atoms with Crippen LogP contribution in [0.4, 0.5) is 0 Å². The quantitative estimate of drug-likeness (QED) is 0.702. The van der Waals surface area contributed by atoms with Crippen LogP contribution in [0.15, 0.2) is 0 Å². The molecule has 2 aliphatic heterocycles. The van der Waals surface area contributed by atoms with Gasteiger partial charge in [0.15, 0.2) is 0 Å². The topological polar surface area (TPSA) is 36.9 Å². The smallest absolute Gasteiger partial charge is 0.115 e. The van der Waals surface area contributed by atoms with Crippen LogP contribution in [0.2, 0.25) is 0 Å². The Morgan fingerprint density at radius 3 is 2.33 bits per heavy atom. The molecule has 0 radical (unpaired) electrons. The lowest BCUT2D eigenvalue weighted by atomic mass is 10.1. The second-order valence-corrected chi connectivity index (χ2v) is 4.31. The zero-order valence-corrected chi connectivity index (χ0v) is 9.64. The number of ether oxygens (including phenoxy) is 4. The van der Waals surface area contributed by atoms with E-state index in [4.69, 9.17) is 18.9 Å². The predicted octanol–water partition coefficient (Wildman–Crippen LogP) is 0.983. The second-order valence-electron chi connectivity index (χ2n) is 4.31. The first kappa shape index (κ1) is 11.3. The Hall–Kier alpha value is -0.160. The molecule has 0 aromatic heterocycles.